The highest BCUT2D eigenvalue weighted by molar-refractivity contribution is 5.83. The highest BCUT2D eigenvalue weighted by Crippen LogP contribution is 2.31. The second kappa shape index (κ2) is 10.6. The number of piperazine rings is 1. The number of hydrogen-bond acceptors (Lipinski definition) is 7. The van der Waals surface area contributed by atoms with Crippen LogP contribution in [0.25, 0.3) is 0 Å². The van der Waals surface area contributed by atoms with Gasteiger partial charge in [-0.05, 0) is 44.9 Å². The molecule has 1 N–H and O–H groups in total. The Kier molecular flexibility index (Phi) is 7.32. The fourth-order valence-electron chi connectivity index (χ4n) is 6.19. The first kappa shape index (κ1) is 23.5. The minimum Gasteiger partial charge on any atom is -0.381 e. The van der Waals surface area contributed by atoms with Crippen LogP contribution >= 0.6 is 0 Å². The minimum atomic E-state index is -0.0894. The summed E-state index contributed by atoms with van der Waals surface area (Å²) in [4.78, 5) is 39.5. The molecule has 0 aliphatic carbocycles. The van der Waals surface area contributed by atoms with Crippen LogP contribution in [-0.4, -0.2) is 115 Å². The Hall–Kier alpha value is -2.23. The Morgan fingerprint density at radius 1 is 1.12 bits per heavy atom. The first-order chi connectivity index (χ1) is 16.6. The largest absolute Gasteiger partial charge is 0.381 e. The molecule has 9 nitrogen and oxygen atoms in total. The Bertz CT molecular complexity index is 840. The number of nitrogens with one attached hydrogen (secondary N) is 1. The number of amides is 2. The highest BCUT2D eigenvalue weighted by Gasteiger charge is 2.47. The van der Waals surface area contributed by atoms with Crippen LogP contribution in [0.2, 0.25) is 0 Å². The Morgan fingerprint density at radius 2 is 1.91 bits per heavy atom. The number of carbonyl (C=O) groups excluding carboxylic acids is 2. The lowest BCUT2D eigenvalue weighted by molar-refractivity contribution is -0.132. The van der Waals surface area contributed by atoms with Gasteiger partial charge < -0.3 is 19.9 Å². The van der Waals surface area contributed by atoms with Crippen LogP contribution in [0.4, 0.5) is 5.82 Å². The Balaban J connectivity index is 1.13. The standard InChI is InChI=1S/C25H38N6O3/c1-28-20(5-6-23(32)30-14-12-29(13-15-30)22-4-2-3-10-26-22)18-27-25(33)24-21(28)7-11-31(24)19-8-16-34-17-9-19/h2-4,10,19-21,24H,5-9,11-18H2,1H3,(H,27,33)/t20-,21+,24-/m0/s1. The van der Waals surface area contributed by atoms with Crippen LogP contribution < -0.4 is 10.2 Å². The lowest BCUT2D eigenvalue weighted by Gasteiger charge is -2.37. The first-order valence-electron chi connectivity index (χ1n) is 12.9. The average Bonchev–Trinajstić information content (AvgIpc) is 3.30. The van der Waals surface area contributed by atoms with Crippen molar-refractivity contribution < 1.29 is 14.3 Å². The summed E-state index contributed by atoms with van der Waals surface area (Å²) in [6, 6.07) is 6.69. The van der Waals surface area contributed by atoms with Gasteiger partial charge in [-0.25, -0.2) is 4.98 Å². The fraction of sp³-hybridized carbons (Fsp3) is 0.720. The zero-order chi connectivity index (χ0) is 23.5. The Morgan fingerprint density at radius 3 is 2.65 bits per heavy atom. The van der Waals surface area contributed by atoms with Gasteiger partial charge in [-0.2, -0.15) is 0 Å². The van der Waals surface area contributed by atoms with E-state index in [1.54, 1.807) is 0 Å². The van der Waals surface area contributed by atoms with E-state index in [0.29, 0.717) is 19.0 Å². The second-order valence-corrected chi connectivity index (χ2v) is 10.0. The maximum absolute atomic E-state index is 13.1. The average molecular weight is 471 g/mol. The van der Waals surface area contributed by atoms with Gasteiger partial charge in [0.05, 0.1) is 0 Å². The molecule has 1 aromatic rings. The number of likely N-dealkylation sites (tertiary alicyclic amines) is 1. The fourth-order valence-corrected chi connectivity index (χ4v) is 6.19. The van der Waals surface area contributed by atoms with Gasteiger partial charge in [-0.3, -0.25) is 19.4 Å². The molecule has 0 unspecified atom stereocenters. The quantitative estimate of drug-likeness (QED) is 0.674. The number of ether oxygens (including phenoxy) is 1. The van der Waals surface area contributed by atoms with Gasteiger partial charge in [0.15, 0.2) is 0 Å². The van der Waals surface area contributed by atoms with E-state index < -0.39 is 0 Å². The lowest BCUT2D eigenvalue weighted by atomic mass is 10.0. The van der Waals surface area contributed by atoms with E-state index in [-0.39, 0.29) is 29.9 Å². The molecule has 0 bridgehead atoms. The number of rotatable bonds is 5. The molecule has 9 heteroatoms. The van der Waals surface area contributed by atoms with E-state index in [0.717, 1.165) is 77.4 Å². The van der Waals surface area contributed by atoms with E-state index in [9.17, 15) is 9.59 Å². The maximum atomic E-state index is 13.1. The van der Waals surface area contributed by atoms with E-state index in [1.807, 2.05) is 29.3 Å². The number of hydrogen-bond donors (Lipinski definition) is 1. The van der Waals surface area contributed by atoms with Crippen molar-refractivity contribution in [3.8, 4) is 0 Å². The summed E-state index contributed by atoms with van der Waals surface area (Å²) in [6.45, 7) is 6.25. The molecule has 4 aliphatic rings. The molecule has 0 radical (unpaired) electrons. The third kappa shape index (κ3) is 4.92. The van der Waals surface area contributed by atoms with Crippen LogP contribution in [0.5, 0.6) is 0 Å². The number of fused-ring (bicyclic) bond motifs is 1. The molecule has 4 saturated heterocycles. The van der Waals surface area contributed by atoms with Gasteiger partial charge in [0, 0.05) is 83.2 Å². The molecule has 4 fully saturated rings. The summed E-state index contributed by atoms with van der Waals surface area (Å²) in [6.07, 6.45) is 6.13. The van der Waals surface area contributed by atoms with Gasteiger partial charge in [-0.1, -0.05) is 6.07 Å². The smallest absolute Gasteiger partial charge is 0.239 e. The number of likely N-dealkylation sites (N-methyl/N-ethyl adjacent to an activating group) is 1. The van der Waals surface area contributed by atoms with Gasteiger partial charge in [0.25, 0.3) is 0 Å². The van der Waals surface area contributed by atoms with Gasteiger partial charge in [0.1, 0.15) is 11.9 Å². The molecular formula is C25H38N6O3. The topological polar surface area (TPSA) is 81.2 Å². The van der Waals surface area contributed by atoms with Crippen molar-refractivity contribution >= 4 is 17.6 Å². The van der Waals surface area contributed by atoms with Crippen molar-refractivity contribution in [3.05, 3.63) is 24.4 Å². The molecule has 5 heterocycles. The predicted octanol–water partition coefficient (Wildman–Crippen LogP) is 0.563. The molecule has 1 aromatic heterocycles. The van der Waals surface area contributed by atoms with Crippen molar-refractivity contribution in [3.63, 3.8) is 0 Å². The molecule has 3 atom stereocenters. The second-order valence-electron chi connectivity index (χ2n) is 10.0. The van der Waals surface area contributed by atoms with Gasteiger partial charge >= 0.3 is 0 Å². The molecular weight excluding hydrogens is 432 g/mol. The van der Waals surface area contributed by atoms with Crippen molar-refractivity contribution in [2.24, 2.45) is 0 Å². The van der Waals surface area contributed by atoms with Crippen LogP contribution in [-0.2, 0) is 14.3 Å². The number of anilines is 1. The van der Waals surface area contributed by atoms with Crippen LogP contribution in [0.1, 0.15) is 32.1 Å². The third-order valence-corrected chi connectivity index (χ3v) is 8.24. The molecule has 0 spiro atoms. The minimum absolute atomic E-state index is 0.0894. The summed E-state index contributed by atoms with van der Waals surface area (Å²) >= 11 is 0. The molecule has 186 valence electrons. The summed E-state index contributed by atoms with van der Waals surface area (Å²) in [5.74, 6) is 1.35. The van der Waals surface area contributed by atoms with E-state index in [2.05, 4.69) is 32.0 Å². The highest BCUT2D eigenvalue weighted by atomic mass is 16.5. The van der Waals surface area contributed by atoms with Crippen LogP contribution in [0, 0.1) is 0 Å². The van der Waals surface area contributed by atoms with Crippen molar-refractivity contribution in [1.82, 2.24) is 25.0 Å². The molecule has 5 rings (SSSR count). The number of carbonyl (C=O) groups is 2. The molecule has 0 aromatic carbocycles. The number of nitrogens with zero attached hydrogens (tertiary/aromatic N) is 5. The number of aromatic nitrogens is 1. The van der Waals surface area contributed by atoms with Crippen molar-refractivity contribution in [2.75, 3.05) is 64.4 Å². The van der Waals surface area contributed by atoms with Crippen molar-refractivity contribution in [1.29, 1.82) is 0 Å². The normalized spacial score (nSPS) is 29.6. The molecule has 0 saturated carbocycles. The van der Waals surface area contributed by atoms with Crippen molar-refractivity contribution in [2.45, 2.75) is 56.3 Å². The SMILES string of the molecule is CN1[C@@H](CCC(=O)N2CCN(c3ccccn3)CC2)CNC(=O)[C@@H]2[C@H]1CCN2C1CCOCC1. The molecule has 4 aliphatic heterocycles. The number of pyridine rings is 1. The summed E-state index contributed by atoms with van der Waals surface area (Å²) in [7, 11) is 2.15. The van der Waals surface area contributed by atoms with Gasteiger partial charge in [-0.15, -0.1) is 0 Å². The zero-order valence-corrected chi connectivity index (χ0v) is 20.3. The molecule has 2 amide bonds. The summed E-state index contributed by atoms with van der Waals surface area (Å²) in [5.41, 5.74) is 0. The van der Waals surface area contributed by atoms with Gasteiger partial charge in [0.2, 0.25) is 11.8 Å². The van der Waals surface area contributed by atoms with Crippen LogP contribution in [0.15, 0.2) is 24.4 Å². The third-order valence-electron chi connectivity index (χ3n) is 8.24. The molecule has 34 heavy (non-hydrogen) atoms. The summed E-state index contributed by atoms with van der Waals surface area (Å²) < 4.78 is 5.54. The first-order valence-corrected chi connectivity index (χ1v) is 12.9. The maximum Gasteiger partial charge on any atom is 0.239 e. The summed E-state index contributed by atoms with van der Waals surface area (Å²) in [5, 5.41) is 3.20. The predicted molar refractivity (Wildman–Crippen MR) is 130 cm³/mol. The van der Waals surface area contributed by atoms with E-state index in [1.165, 1.54) is 0 Å². The van der Waals surface area contributed by atoms with Crippen LogP contribution in [0.3, 0.4) is 0 Å². The zero-order valence-electron chi connectivity index (χ0n) is 20.3. The monoisotopic (exact) mass is 470 g/mol. The van der Waals surface area contributed by atoms with E-state index >= 15 is 0 Å². The Labute approximate surface area is 202 Å². The lowest BCUT2D eigenvalue weighted by Crippen LogP contribution is -2.53. The van der Waals surface area contributed by atoms with E-state index in [4.69, 9.17) is 4.74 Å².